The lowest BCUT2D eigenvalue weighted by molar-refractivity contribution is -0.142. The quantitative estimate of drug-likeness (QED) is 0.786. The van der Waals surface area contributed by atoms with Gasteiger partial charge in [-0.15, -0.1) is 0 Å². The molecule has 0 bridgehead atoms. The zero-order valence-electron chi connectivity index (χ0n) is 8.93. The van der Waals surface area contributed by atoms with Crippen LogP contribution in [0.5, 0.6) is 0 Å². The van der Waals surface area contributed by atoms with Gasteiger partial charge in [0.15, 0.2) is 0 Å². The minimum atomic E-state index is -0.924. The first-order chi connectivity index (χ1) is 7.59. The van der Waals surface area contributed by atoms with Crippen molar-refractivity contribution in [2.45, 2.75) is 19.4 Å². The summed E-state index contributed by atoms with van der Waals surface area (Å²) in [5, 5.41) is 11.8. The van der Waals surface area contributed by atoms with Crippen molar-refractivity contribution in [1.29, 1.82) is 0 Å². The van der Waals surface area contributed by atoms with Gasteiger partial charge in [-0.1, -0.05) is 24.3 Å². The molecule has 2 N–H and O–H groups in total. The summed E-state index contributed by atoms with van der Waals surface area (Å²) in [6, 6.07) is 7.13. The van der Waals surface area contributed by atoms with Crippen molar-refractivity contribution in [1.82, 2.24) is 5.32 Å². The smallest absolute Gasteiger partial charge is 0.309 e. The van der Waals surface area contributed by atoms with Crippen LogP contribution in [0.25, 0.3) is 0 Å². The van der Waals surface area contributed by atoms with Crippen molar-refractivity contribution in [2.24, 2.45) is 5.92 Å². The molecular formula is C12H13NO3. The lowest BCUT2D eigenvalue weighted by Crippen LogP contribution is -2.25. The lowest BCUT2D eigenvalue weighted by atomic mass is 9.91. The van der Waals surface area contributed by atoms with Crippen LogP contribution in [-0.2, 0) is 9.59 Å². The second kappa shape index (κ2) is 3.96. The van der Waals surface area contributed by atoms with Crippen LogP contribution < -0.4 is 5.32 Å². The molecule has 2 rings (SSSR count). The Bertz CT molecular complexity index is 442. The normalized spacial score (nSPS) is 24.2. The van der Waals surface area contributed by atoms with E-state index in [1.165, 1.54) is 0 Å². The first-order valence-corrected chi connectivity index (χ1v) is 5.17. The van der Waals surface area contributed by atoms with Gasteiger partial charge in [-0.2, -0.15) is 0 Å². The number of amides is 1. The van der Waals surface area contributed by atoms with Crippen molar-refractivity contribution in [3.63, 3.8) is 0 Å². The number of hydrogen-bond acceptors (Lipinski definition) is 2. The third-order valence-corrected chi connectivity index (χ3v) is 2.96. The zero-order chi connectivity index (χ0) is 11.7. The summed E-state index contributed by atoms with van der Waals surface area (Å²) in [6.07, 6.45) is 0.0638. The Kier molecular flexibility index (Phi) is 2.64. The van der Waals surface area contributed by atoms with Gasteiger partial charge in [0, 0.05) is 6.42 Å². The maximum absolute atomic E-state index is 11.3. The molecule has 16 heavy (non-hydrogen) atoms. The highest BCUT2D eigenvalue weighted by molar-refractivity contribution is 5.87. The average Bonchev–Trinajstić information content (AvgIpc) is 2.61. The summed E-state index contributed by atoms with van der Waals surface area (Å²) in [6.45, 7) is 1.92. The number of benzene rings is 1. The highest BCUT2D eigenvalue weighted by Crippen LogP contribution is 2.31. The SMILES string of the molecule is Cc1ccccc1[C@H]1NC(=O)C[C@@H]1C(=O)O. The average molecular weight is 219 g/mol. The van der Waals surface area contributed by atoms with Crippen LogP contribution in [0.2, 0.25) is 0 Å². The zero-order valence-corrected chi connectivity index (χ0v) is 8.93. The molecule has 0 unspecified atom stereocenters. The highest BCUT2D eigenvalue weighted by atomic mass is 16.4. The van der Waals surface area contributed by atoms with Crippen molar-refractivity contribution < 1.29 is 14.7 Å². The number of nitrogens with one attached hydrogen (secondary N) is 1. The fourth-order valence-electron chi connectivity index (χ4n) is 2.11. The molecule has 0 radical (unpaired) electrons. The number of carbonyl (C=O) groups excluding carboxylic acids is 1. The lowest BCUT2D eigenvalue weighted by Gasteiger charge is -2.17. The van der Waals surface area contributed by atoms with Crippen LogP contribution in [0.4, 0.5) is 0 Å². The maximum Gasteiger partial charge on any atom is 0.309 e. The molecule has 84 valence electrons. The second-order valence-corrected chi connectivity index (χ2v) is 4.05. The molecule has 1 aliphatic rings. The van der Waals surface area contributed by atoms with Gasteiger partial charge in [-0.3, -0.25) is 9.59 Å². The molecule has 2 atom stereocenters. The van der Waals surface area contributed by atoms with E-state index >= 15 is 0 Å². The highest BCUT2D eigenvalue weighted by Gasteiger charge is 2.38. The number of hydrogen-bond donors (Lipinski definition) is 2. The van der Waals surface area contributed by atoms with Gasteiger partial charge in [0.2, 0.25) is 5.91 Å². The van der Waals surface area contributed by atoms with Crippen LogP contribution >= 0.6 is 0 Å². The maximum atomic E-state index is 11.3. The van der Waals surface area contributed by atoms with Gasteiger partial charge >= 0.3 is 5.97 Å². The Morgan fingerprint density at radius 3 is 2.75 bits per heavy atom. The molecule has 1 fully saturated rings. The number of rotatable bonds is 2. The summed E-state index contributed by atoms with van der Waals surface area (Å²) in [5.41, 5.74) is 1.89. The van der Waals surface area contributed by atoms with Crippen molar-refractivity contribution >= 4 is 11.9 Å². The van der Waals surface area contributed by atoms with E-state index in [4.69, 9.17) is 5.11 Å². The second-order valence-electron chi connectivity index (χ2n) is 4.05. The Balaban J connectivity index is 2.36. The molecule has 1 amide bonds. The fourth-order valence-corrected chi connectivity index (χ4v) is 2.11. The number of carboxylic acids is 1. The summed E-state index contributed by atoms with van der Waals surface area (Å²) >= 11 is 0. The van der Waals surface area contributed by atoms with Crippen LogP contribution in [0.15, 0.2) is 24.3 Å². The molecule has 0 aliphatic carbocycles. The first kappa shape index (κ1) is 10.7. The largest absolute Gasteiger partial charge is 0.481 e. The van der Waals surface area contributed by atoms with Gasteiger partial charge in [-0.25, -0.2) is 0 Å². The van der Waals surface area contributed by atoms with Crippen LogP contribution in [0, 0.1) is 12.8 Å². The van der Waals surface area contributed by atoms with E-state index in [1.807, 2.05) is 31.2 Å². The molecule has 1 aromatic rings. The van der Waals surface area contributed by atoms with Gasteiger partial charge in [0.25, 0.3) is 0 Å². The van der Waals surface area contributed by atoms with E-state index in [0.717, 1.165) is 11.1 Å². The summed E-state index contributed by atoms with van der Waals surface area (Å²) < 4.78 is 0. The Hall–Kier alpha value is -1.84. The summed E-state index contributed by atoms with van der Waals surface area (Å²) in [5.74, 6) is -1.78. The third-order valence-electron chi connectivity index (χ3n) is 2.96. The molecule has 0 aromatic heterocycles. The minimum Gasteiger partial charge on any atom is -0.481 e. The van der Waals surface area contributed by atoms with E-state index in [-0.39, 0.29) is 12.3 Å². The predicted molar refractivity (Wildman–Crippen MR) is 57.8 cm³/mol. The number of aryl methyl sites for hydroxylation is 1. The number of carboxylic acid groups (broad SMARTS) is 1. The topological polar surface area (TPSA) is 66.4 Å². The van der Waals surface area contributed by atoms with Crippen molar-refractivity contribution in [3.8, 4) is 0 Å². The van der Waals surface area contributed by atoms with Gasteiger partial charge < -0.3 is 10.4 Å². The Morgan fingerprint density at radius 2 is 2.12 bits per heavy atom. The Morgan fingerprint density at radius 1 is 1.44 bits per heavy atom. The van der Waals surface area contributed by atoms with Gasteiger partial charge in [-0.05, 0) is 18.1 Å². The van der Waals surface area contributed by atoms with E-state index < -0.39 is 17.9 Å². The molecule has 1 saturated heterocycles. The fraction of sp³-hybridized carbons (Fsp3) is 0.333. The number of carbonyl (C=O) groups is 2. The summed E-state index contributed by atoms with van der Waals surface area (Å²) in [4.78, 5) is 22.3. The van der Waals surface area contributed by atoms with E-state index in [2.05, 4.69) is 5.32 Å². The third kappa shape index (κ3) is 1.78. The van der Waals surface area contributed by atoms with Crippen LogP contribution in [-0.4, -0.2) is 17.0 Å². The molecule has 1 aromatic carbocycles. The first-order valence-electron chi connectivity index (χ1n) is 5.17. The van der Waals surface area contributed by atoms with Crippen molar-refractivity contribution in [3.05, 3.63) is 35.4 Å². The summed E-state index contributed by atoms with van der Waals surface area (Å²) in [7, 11) is 0. The van der Waals surface area contributed by atoms with Crippen LogP contribution in [0.1, 0.15) is 23.6 Å². The van der Waals surface area contributed by atoms with E-state index in [1.54, 1.807) is 0 Å². The van der Waals surface area contributed by atoms with Gasteiger partial charge in [0.05, 0.1) is 12.0 Å². The number of aliphatic carboxylic acids is 1. The van der Waals surface area contributed by atoms with Gasteiger partial charge in [0.1, 0.15) is 0 Å². The Labute approximate surface area is 93.3 Å². The minimum absolute atomic E-state index is 0.0638. The monoisotopic (exact) mass is 219 g/mol. The molecule has 1 heterocycles. The predicted octanol–water partition coefficient (Wildman–Crippen LogP) is 1.26. The van der Waals surface area contributed by atoms with E-state index in [9.17, 15) is 9.59 Å². The molecule has 4 nitrogen and oxygen atoms in total. The van der Waals surface area contributed by atoms with E-state index in [0.29, 0.717) is 0 Å². The van der Waals surface area contributed by atoms with Crippen molar-refractivity contribution in [2.75, 3.05) is 0 Å². The molecule has 0 saturated carbocycles. The molecule has 0 spiro atoms. The molecule has 4 heteroatoms. The standard InChI is InChI=1S/C12H13NO3/c1-7-4-2-3-5-8(7)11-9(12(15)16)6-10(14)13-11/h2-5,9,11H,6H2,1H3,(H,13,14)(H,15,16)/t9-,11+/m0/s1. The molecule has 1 aliphatic heterocycles. The molecular weight excluding hydrogens is 206 g/mol. The van der Waals surface area contributed by atoms with Crippen LogP contribution in [0.3, 0.4) is 0 Å².